The van der Waals surface area contributed by atoms with Crippen LogP contribution in [-0.2, 0) is 10.0 Å². The second kappa shape index (κ2) is 11.7. The number of aromatic nitrogens is 2. The third-order valence-electron chi connectivity index (χ3n) is 6.55. The minimum Gasteiger partial charge on any atom is -0.422 e. The molecule has 44 heavy (non-hydrogen) atoms. The first-order valence-corrected chi connectivity index (χ1v) is 14.6. The maximum absolute atomic E-state index is 13.0. The van der Waals surface area contributed by atoms with Crippen molar-refractivity contribution in [3.63, 3.8) is 0 Å². The van der Waals surface area contributed by atoms with E-state index in [1.165, 1.54) is 18.3 Å². The molecule has 218 valence electrons. The van der Waals surface area contributed by atoms with Gasteiger partial charge in [-0.15, -0.1) is 0 Å². The Morgan fingerprint density at radius 2 is 1.61 bits per heavy atom. The first kappa shape index (κ1) is 28.1. The van der Waals surface area contributed by atoms with E-state index in [1.54, 1.807) is 59.4 Å². The summed E-state index contributed by atoms with van der Waals surface area (Å²) in [6, 6.07) is 29.6. The first-order valence-electron chi connectivity index (χ1n) is 13.1. The van der Waals surface area contributed by atoms with Crippen molar-refractivity contribution >= 4 is 44.3 Å². The lowest BCUT2D eigenvalue weighted by Crippen LogP contribution is -2.13. The number of nitrogens with zero attached hydrogens (tertiary/aromatic N) is 4. The Balaban J connectivity index is 1.34. The summed E-state index contributed by atoms with van der Waals surface area (Å²) in [5.41, 5.74) is 3.83. The summed E-state index contributed by atoms with van der Waals surface area (Å²) in [5, 5.41) is 21.4. The molecule has 0 spiro atoms. The van der Waals surface area contributed by atoms with Crippen LogP contribution >= 0.6 is 0 Å². The van der Waals surface area contributed by atoms with E-state index in [4.69, 9.17) is 4.42 Å². The Morgan fingerprint density at radius 3 is 2.36 bits per heavy atom. The van der Waals surface area contributed by atoms with E-state index < -0.39 is 26.3 Å². The lowest BCUT2D eigenvalue weighted by Gasteiger charge is -2.09. The number of nitrogens with one attached hydrogen (secondary N) is 2. The van der Waals surface area contributed by atoms with Gasteiger partial charge in [-0.3, -0.25) is 20.3 Å². The zero-order valence-electron chi connectivity index (χ0n) is 22.7. The topological polar surface area (TPSA) is 162 Å². The molecule has 2 aromatic heterocycles. The molecule has 6 aromatic rings. The Morgan fingerprint density at radius 1 is 0.909 bits per heavy atom. The normalized spacial score (nSPS) is 11.5. The van der Waals surface area contributed by atoms with Crippen LogP contribution in [0.1, 0.15) is 5.56 Å². The Hall–Kier alpha value is -6.08. The predicted molar refractivity (Wildman–Crippen MR) is 167 cm³/mol. The fraction of sp³-hybridized carbons (Fsp3) is 0. The van der Waals surface area contributed by atoms with E-state index in [1.807, 2.05) is 42.5 Å². The van der Waals surface area contributed by atoms with E-state index in [9.17, 15) is 23.3 Å². The number of hydrazone groups is 1. The van der Waals surface area contributed by atoms with Gasteiger partial charge in [0, 0.05) is 28.9 Å². The van der Waals surface area contributed by atoms with Crippen molar-refractivity contribution in [3.05, 3.63) is 141 Å². The van der Waals surface area contributed by atoms with Crippen LogP contribution in [0.4, 0.5) is 17.1 Å². The SMILES string of the molecule is O=c1oc2ccccc2cc1-c1nn(-c2ccccc2)cc1C=NNc1ccc(S(=O)(=O)Nc2ccccc2)cc1[N+](=O)[O-]. The smallest absolute Gasteiger partial charge is 0.345 e. The van der Waals surface area contributed by atoms with Crippen molar-refractivity contribution in [2.75, 3.05) is 10.1 Å². The van der Waals surface area contributed by atoms with Crippen LogP contribution in [0.3, 0.4) is 0 Å². The molecule has 0 radical (unpaired) electrons. The third-order valence-corrected chi connectivity index (χ3v) is 7.93. The molecular weight excluding hydrogens is 584 g/mol. The van der Waals surface area contributed by atoms with Gasteiger partial charge < -0.3 is 4.42 Å². The average molecular weight is 607 g/mol. The van der Waals surface area contributed by atoms with Crippen LogP contribution in [0, 0.1) is 10.1 Å². The summed E-state index contributed by atoms with van der Waals surface area (Å²) in [6.45, 7) is 0. The Kier molecular flexibility index (Phi) is 7.43. The second-order valence-electron chi connectivity index (χ2n) is 9.48. The van der Waals surface area contributed by atoms with Gasteiger partial charge in [0.15, 0.2) is 0 Å². The van der Waals surface area contributed by atoms with Crippen molar-refractivity contribution in [2.45, 2.75) is 4.90 Å². The highest BCUT2D eigenvalue weighted by Crippen LogP contribution is 2.29. The van der Waals surface area contributed by atoms with Crippen molar-refractivity contribution < 1.29 is 17.8 Å². The van der Waals surface area contributed by atoms with Crippen LogP contribution < -0.4 is 15.8 Å². The molecule has 0 aliphatic carbocycles. The van der Waals surface area contributed by atoms with Gasteiger partial charge in [0.05, 0.1) is 27.3 Å². The fourth-order valence-corrected chi connectivity index (χ4v) is 5.53. The molecule has 2 N–H and O–H groups in total. The van der Waals surface area contributed by atoms with E-state index in [0.29, 0.717) is 22.2 Å². The largest absolute Gasteiger partial charge is 0.422 e. The van der Waals surface area contributed by atoms with Crippen LogP contribution in [0.2, 0.25) is 0 Å². The maximum Gasteiger partial charge on any atom is 0.345 e. The summed E-state index contributed by atoms with van der Waals surface area (Å²) in [7, 11) is -4.10. The van der Waals surface area contributed by atoms with E-state index >= 15 is 0 Å². The van der Waals surface area contributed by atoms with Crippen molar-refractivity contribution in [3.8, 4) is 16.9 Å². The number of fused-ring (bicyclic) bond motifs is 1. The average Bonchev–Trinajstić information content (AvgIpc) is 3.45. The standard InChI is InChI=1S/C31H22N6O6S/c38-31-26(17-21-9-7-8-14-29(21)43-31)30-22(20-36(34-30)24-12-5-2-6-13-24)19-32-33-27-16-15-25(18-28(27)37(39)40)44(41,42)35-23-10-3-1-4-11-23/h1-20,33,35H. The van der Waals surface area contributed by atoms with Crippen molar-refractivity contribution in [1.29, 1.82) is 0 Å². The van der Waals surface area contributed by atoms with Gasteiger partial charge in [0.2, 0.25) is 0 Å². The molecule has 0 unspecified atom stereocenters. The zero-order chi connectivity index (χ0) is 30.7. The maximum atomic E-state index is 13.0. The van der Waals surface area contributed by atoms with Gasteiger partial charge in [-0.1, -0.05) is 54.6 Å². The van der Waals surface area contributed by atoms with Gasteiger partial charge >= 0.3 is 5.63 Å². The molecule has 0 fully saturated rings. The van der Waals surface area contributed by atoms with Gasteiger partial charge in [-0.25, -0.2) is 17.9 Å². The molecule has 0 saturated heterocycles. The lowest BCUT2D eigenvalue weighted by atomic mass is 10.1. The Labute approximate surface area is 250 Å². The third kappa shape index (κ3) is 5.80. The van der Waals surface area contributed by atoms with E-state index in [0.717, 1.165) is 11.8 Å². The number of benzene rings is 4. The molecule has 2 heterocycles. The predicted octanol–water partition coefficient (Wildman–Crippen LogP) is 5.80. The highest BCUT2D eigenvalue weighted by Gasteiger charge is 2.22. The summed E-state index contributed by atoms with van der Waals surface area (Å²) < 4.78 is 35.2. The summed E-state index contributed by atoms with van der Waals surface area (Å²) in [4.78, 5) is 23.8. The molecule has 4 aromatic carbocycles. The molecule has 0 aliphatic heterocycles. The van der Waals surface area contributed by atoms with Crippen molar-refractivity contribution in [1.82, 2.24) is 9.78 Å². The zero-order valence-corrected chi connectivity index (χ0v) is 23.5. The van der Waals surface area contributed by atoms with Gasteiger partial charge in [-0.2, -0.15) is 10.2 Å². The van der Waals surface area contributed by atoms with Gasteiger partial charge in [0.25, 0.3) is 15.7 Å². The van der Waals surface area contributed by atoms with E-state index in [2.05, 4.69) is 20.3 Å². The number of hydrogen-bond acceptors (Lipinski definition) is 9. The van der Waals surface area contributed by atoms with Crippen LogP contribution in [0.15, 0.2) is 135 Å². The van der Waals surface area contributed by atoms with Crippen molar-refractivity contribution in [2.24, 2.45) is 5.10 Å². The summed E-state index contributed by atoms with van der Waals surface area (Å²) in [5.74, 6) is 0. The molecule has 0 bridgehead atoms. The van der Waals surface area contributed by atoms with Crippen LogP contribution in [-0.4, -0.2) is 29.3 Å². The fourth-order valence-electron chi connectivity index (χ4n) is 4.45. The van der Waals surface area contributed by atoms with Gasteiger partial charge in [0.1, 0.15) is 17.0 Å². The minimum absolute atomic E-state index is 0.0490. The number of sulfonamides is 1. The number of para-hydroxylation sites is 3. The van der Waals surface area contributed by atoms with Crippen LogP contribution in [0.25, 0.3) is 27.9 Å². The number of anilines is 2. The highest BCUT2D eigenvalue weighted by molar-refractivity contribution is 7.92. The van der Waals surface area contributed by atoms with E-state index in [-0.39, 0.29) is 21.8 Å². The molecule has 12 nitrogen and oxygen atoms in total. The number of nitro groups is 1. The number of rotatable bonds is 9. The lowest BCUT2D eigenvalue weighted by molar-refractivity contribution is -0.384. The molecule has 13 heteroatoms. The second-order valence-corrected chi connectivity index (χ2v) is 11.2. The molecule has 0 atom stereocenters. The summed E-state index contributed by atoms with van der Waals surface area (Å²) >= 11 is 0. The highest BCUT2D eigenvalue weighted by atomic mass is 32.2. The molecular formula is C31H22N6O6S. The molecule has 0 saturated carbocycles. The Bertz CT molecular complexity index is 2200. The quantitative estimate of drug-likeness (QED) is 0.0903. The van der Waals surface area contributed by atoms with Crippen LogP contribution in [0.5, 0.6) is 0 Å². The monoisotopic (exact) mass is 606 g/mol. The first-order chi connectivity index (χ1) is 21.3. The minimum atomic E-state index is -4.10. The summed E-state index contributed by atoms with van der Waals surface area (Å²) in [6.07, 6.45) is 3.02. The number of hydrogen-bond donors (Lipinski definition) is 2. The van der Waals surface area contributed by atoms with Gasteiger partial charge in [-0.05, 0) is 48.5 Å². The molecule has 0 amide bonds. The molecule has 0 aliphatic rings. The molecule has 6 rings (SSSR count). The number of nitro benzene ring substituents is 1.